The number of hydrogen-bond donors (Lipinski definition) is 3. The first-order valence-electron chi connectivity index (χ1n) is 5.91. The highest BCUT2D eigenvalue weighted by atomic mass is 32.2. The molecule has 1 aromatic rings. The van der Waals surface area contributed by atoms with E-state index in [2.05, 4.69) is 20.0 Å². The molecular formula is C11H21N5O2S. The molecule has 0 aliphatic carbocycles. The van der Waals surface area contributed by atoms with Crippen LogP contribution in [0.15, 0.2) is 23.3 Å². The van der Waals surface area contributed by atoms with Crippen LogP contribution in [0.3, 0.4) is 0 Å². The summed E-state index contributed by atoms with van der Waals surface area (Å²) in [6, 6.07) is 3.93. The standard InChI is InChI=1S/C11H21N5O2S/c1-12-11(14-7-8-15-19(3,17)18)16(2)9-10-5-4-6-13-10/h4-6,13,15H,7-9H2,1-3H3,(H,12,14). The van der Waals surface area contributed by atoms with E-state index in [1.807, 2.05) is 30.3 Å². The van der Waals surface area contributed by atoms with E-state index in [1.54, 1.807) is 7.05 Å². The zero-order chi connectivity index (χ0) is 14.3. The fraction of sp³-hybridized carbons (Fsp3) is 0.545. The lowest BCUT2D eigenvalue weighted by atomic mass is 10.4. The van der Waals surface area contributed by atoms with Crippen LogP contribution in [0, 0.1) is 0 Å². The third-order valence-corrected chi connectivity index (χ3v) is 3.14. The second-order valence-corrected chi connectivity index (χ2v) is 6.02. The Balaban J connectivity index is 2.37. The molecule has 3 N–H and O–H groups in total. The number of guanidine groups is 1. The van der Waals surface area contributed by atoms with Gasteiger partial charge in [-0.1, -0.05) is 0 Å². The van der Waals surface area contributed by atoms with Gasteiger partial charge >= 0.3 is 0 Å². The Morgan fingerprint density at radius 1 is 1.47 bits per heavy atom. The van der Waals surface area contributed by atoms with E-state index >= 15 is 0 Å². The molecule has 0 aliphatic heterocycles. The molecule has 0 saturated carbocycles. The highest BCUT2D eigenvalue weighted by Crippen LogP contribution is 1.99. The molecule has 0 bridgehead atoms. The molecule has 108 valence electrons. The summed E-state index contributed by atoms with van der Waals surface area (Å²) in [6.07, 6.45) is 3.01. The Kier molecular flexibility index (Phi) is 5.84. The summed E-state index contributed by atoms with van der Waals surface area (Å²) in [7, 11) is 0.470. The Labute approximate surface area is 114 Å². The number of aromatic amines is 1. The summed E-state index contributed by atoms with van der Waals surface area (Å²) < 4.78 is 24.2. The summed E-state index contributed by atoms with van der Waals surface area (Å²) >= 11 is 0. The lowest BCUT2D eigenvalue weighted by Gasteiger charge is -2.21. The summed E-state index contributed by atoms with van der Waals surface area (Å²) in [5.74, 6) is 0.713. The normalized spacial score (nSPS) is 12.5. The van der Waals surface area contributed by atoms with E-state index < -0.39 is 10.0 Å². The molecule has 0 aromatic carbocycles. The van der Waals surface area contributed by atoms with Crippen LogP contribution in [0.2, 0.25) is 0 Å². The Bertz CT molecular complexity index is 495. The predicted molar refractivity (Wildman–Crippen MR) is 76.5 cm³/mol. The van der Waals surface area contributed by atoms with Gasteiger partial charge in [0.2, 0.25) is 10.0 Å². The molecular weight excluding hydrogens is 266 g/mol. The molecule has 1 aromatic heterocycles. The van der Waals surface area contributed by atoms with E-state index in [1.165, 1.54) is 0 Å². The van der Waals surface area contributed by atoms with Crippen LogP contribution in [0.4, 0.5) is 0 Å². The average Bonchev–Trinajstić information content (AvgIpc) is 2.80. The van der Waals surface area contributed by atoms with Crippen LogP contribution in [0.1, 0.15) is 5.69 Å². The number of hydrogen-bond acceptors (Lipinski definition) is 3. The van der Waals surface area contributed by atoms with E-state index in [0.717, 1.165) is 11.9 Å². The molecule has 0 saturated heterocycles. The van der Waals surface area contributed by atoms with Crippen LogP contribution in [0.25, 0.3) is 0 Å². The highest BCUT2D eigenvalue weighted by molar-refractivity contribution is 7.88. The maximum Gasteiger partial charge on any atom is 0.208 e. The molecule has 1 heterocycles. The number of aliphatic imine (C=N–C) groups is 1. The van der Waals surface area contributed by atoms with Gasteiger partial charge in [-0.15, -0.1) is 0 Å². The molecule has 19 heavy (non-hydrogen) atoms. The van der Waals surface area contributed by atoms with E-state index in [0.29, 0.717) is 25.6 Å². The number of sulfonamides is 1. The van der Waals surface area contributed by atoms with Gasteiger partial charge < -0.3 is 15.2 Å². The summed E-state index contributed by atoms with van der Waals surface area (Å²) in [4.78, 5) is 9.21. The largest absolute Gasteiger partial charge is 0.364 e. The van der Waals surface area contributed by atoms with E-state index in [9.17, 15) is 8.42 Å². The predicted octanol–water partition coefficient (Wildman–Crippen LogP) is -0.429. The summed E-state index contributed by atoms with van der Waals surface area (Å²) in [5, 5.41) is 3.09. The van der Waals surface area contributed by atoms with Gasteiger partial charge in [0.15, 0.2) is 5.96 Å². The maximum atomic E-state index is 10.9. The highest BCUT2D eigenvalue weighted by Gasteiger charge is 2.07. The van der Waals surface area contributed by atoms with Crippen molar-refractivity contribution >= 4 is 16.0 Å². The summed E-state index contributed by atoms with van der Waals surface area (Å²) in [5.41, 5.74) is 1.08. The summed E-state index contributed by atoms with van der Waals surface area (Å²) in [6.45, 7) is 1.51. The quantitative estimate of drug-likeness (QED) is 0.376. The van der Waals surface area contributed by atoms with Crippen molar-refractivity contribution in [1.82, 2.24) is 19.9 Å². The lowest BCUT2D eigenvalue weighted by molar-refractivity contribution is 0.471. The molecule has 1 rings (SSSR count). The van der Waals surface area contributed by atoms with Gasteiger partial charge in [-0.2, -0.15) is 0 Å². The van der Waals surface area contributed by atoms with Crippen LogP contribution >= 0.6 is 0 Å². The third-order valence-electron chi connectivity index (χ3n) is 2.42. The first kappa shape index (κ1) is 15.5. The molecule has 0 atom stereocenters. The fourth-order valence-electron chi connectivity index (χ4n) is 1.59. The van der Waals surface area contributed by atoms with Crippen molar-refractivity contribution < 1.29 is 8.42 Å². The van der Waals surface area contributed by atoms with Gasteiger partial charge in [0.1, 0.15) is 0 Å². The Morgan fingerprint density at radius 2 is 2.21 bits per heavy atom. The minimum Gasteiger partial charge on any atom is -0.364 e. The molecule has 0 spiro atoms. The lowest BCUT2D eigenvalue weighted by Crippen LogP contribution is -2.42. The molecule has 0 radical (unpaired) electrons. The number of nitrogens with one attached hydrogen (secondary N) is 3. The van der Waals surface area contributed by atoms with Gasteiger partial charge in [-0.25, -0.2) is 13.1 Å². The number of rotatable bonds is 6. The van der Waals surface area contributed by atoms with Gasteiger partial charge in [-0.3, -0.25) is 4.99 Å². The monoisotopic (exact) mass is 287 g/mol. The maximum absolute atomic E-state index is 10.9. The molecule has 7 nitrogen and oxygen atoms in total. The molecule has 0 amide bonds. The minimum absolute atomic E-state index is 0.328. The fourth-order valence-corrected chi connectivity index (χ4v) is 2.06. The Hall–Kier alpha value is -1.54. The van der Waals surface area contributed by atoms with Crippen LogP contribution in [-0.2, 0) is 16.6 Å². The van der Waals surface area contributed by atoms with Crippen molar-refractivity contribution in [2.45, 2.75) is 6.54 Å². The van der Waals surface area contributed by atoms with Gasteiger partial charge in [-0.05, 0) is 12.1 Å². The molecule has 0 fully saturated rings. The zero-order valence-corrected chi connectivity index (χ0v) is 12.3. The second kappa shape index (κ2) is 7.15. The van der Waals surface area contributed by atoms with Crippen LogP contribution in [0.5, 0.6) is 0 Å². The smallest absolute Gasteiger partial charge is 0.208 e. The first-order chi connectivity index (χ1) is 8.92. The topological polar surface area (TPSA) is 89.6 Å². The van der Waals surface area contributed by atoms with Gasteiger partial charge in [0.05, 0.1) is 12.8 Å². The van der Waals surface area contributed by atoms with Crippen molar-refractivity contribution in [2.24, 2.45) is 4.99 Å². The van der Waals surface area contributed by atoms with Crippen molar-refractivity contribution in [2.75, 3.05) is 33.4 Å². The first-order valence-corrected chi connectivity index (χ1v) is 7.80. The van der Waals surface area contributed by atoms with Crippen molar-refractivity contribution in [3.63, 3.8) is 0 Å². The average molecular weight is 287 g/mol. The van der Waals surface area contributed by atoms with E-state index in [-0.39, 0.29) is 0 Å². The van der Waals surface area contributed by atoms with Crippen molar-refractivity contribution in [3.8, 4) is 0 Å². The van der Waals surface area contributed by atoms with Crippen LogP contribution < -0.4 is 10.0 Å². The van der Waals surface area contributed by atoms with Crippen molar-refractivity contribution in [1.29, 1.82) is 0 Å². The third kappa shape index (κ3) is 6.25. The van der Waals surface area contributed by atoms with Gasteiger partial charge in [0.25, 0.3) is 0 Å². The zero-order valence-electron chi connectivity index (χ0n) is 11.5. The molecule has 8 heteroatoms. The van der Waals surface area contributed by atoms with E-state index in [4.69, 9.17) is 0 Å². The Morgan fingerprint density at radius 3 is 2.74 bits per heavy atom. The number of nitrogens with zero attached hydrogens (tertiary/aromatic N) is 2. The second-order valence-electron chi connectivity index (χ2n) is 4.19. The van der Waals surface area contributed by atoms with Gasteiger partial charge in [0, 0.05) is 39.1 Å². The molecule has 0 aliphatic rings. The number of aromatic nitrogens is 1. The molecule has 0 unspecified atom stereocenters. The minimum atomic E-state index is -3.14. The number of H-pyrrole nitrogens is 1. The SMILES string of the molecule is CN=C(NCCNS(C)(=O)=O)N(C)Cc1ccc[nH]1. The van der Waals surface area contributed by atoms with Crippen LogP contribution in [-0.4, -0.2) is 57.7 Å². The van der Waals surface area contributed by atoms with Crippen molar-refractivity contribution in [3.05, 3.63) is 24.0 Å².